The first kappa shape index (κ1) is 85.0. The van der Waals surface area contributed by atoms with Crippen molar-refractivity contribution in [3.05, 3.63) is 179 Å². The summed E-state index contributed by atoms with van der Waals surface area (Å²) in [6.45, 7) is 17.2. The number of ether oxygens (including phenoxy) is 6. The standard InChI is InChI=1S/6C13H18O3/c6*1-2-3-4-5-10-16-12-8-6-11(7-9-12)13(14)15/h6*6-9H,2-5,10H2,1H3,(H,14,15). The minimum Gasteiger partial charge on any atom is -0.494 e. The third kappa shape index (κ3) is 43.8. The highest BCUT2D eigenvalue weighted by Gasteiger charge is 2.07. The molecule has 0 aliphatic carbocycles. The van der Waals surface area contributed by atoms with Crippen molar-refractivity contribution in [2.24, 2.45) is 0 Å². The van der Waals surface area contributed by atoms with Crippen LogP contribution < -0.4 is 28.4 Å². The first-order chi connectivity index (χ1) is 46.4. The van der Waals surface area contributed by atoms with E-state index >= 15 is 0 Å². The van der Waals surface area contributed by atoms with Crippen molar-refractivity contribution >= 4 is 35.8 Å². The van der Waals surface area contributed by atoms with Gasteiger partial charge >= 0.3 is 35.8 Å². The molecule has 6 rings (SSSR count). The lowest BCUT2D eigenvalue weighted by atomic mass is 10.2. The van der Waals surface area contributed by atoms with Crippen molar-refractivity contribution in [2.45, 2.75) is 196 Å². The minimum atomic E-state index is -0.908. The first-order valence-electron chi connectivity index (χ1n) is 34.2. The zero-order chi connectivity index (χ0) is 70.8. The Bertz CT molecular complexity index is 2420. The van der Waals surface area contributed by atoms with Gasteiger partial charge in [0.25, 0.3) is 0 Å². The number of hydrogen-bond acceptors (Lipinski definition) is 12. The number of hydrogen-bond donors (Lipinski definition) is 6. The Kier molecular flexibility index (Phi) is 49.8. The first-order valence-corrected chi connectivity index (χ1v) is 34.2. The lowest BCUT2D eigenvalue weighted by Gasteiger charge is -2.05. The molecule has 18 heteroatoms. The number of carboxylic acids is 6. The van der Waals surface area contributed by atoms with Crippen molar-refractivity contribution in [1.29, 1.82) is 0 Å². The summed E-state index contributed by atoms with van der Waals surface area (Å²) in [6.07, 6.45) is 28.1. The largest absolute Gasteiger partial charge is 0.494 e. The third-order valence-electron chi connectivity index (χ3n) is 14.2. The van der Waals surface area contributed by atoms with Crippen molar-refractivity contribution in [1.82, 2.24) is 0 Å². The number of aromatic carboxylic acids is 6. The van der Waals surface area contributed by atoms with Crippen LogP contribution in [-0.2, 0) is 0 Å². The highest BCUT2D eigenvalue weighted by Crippen LogP contribution is 2.19. The molecular weight excluding hydrogens is 1220 g/mol. The summed E-state index contributed by atoms with van der Waals surface area (Å²) in [4.78, 5) is 63.6. The van der Waals surface area contributed by atoms with Crippen LogP contribution in [0.3, 0.4) is 0 Å². The predicted octanol–water partition coefficient (Wildman–Crippen LogP) is 20.1. The molecule has 18 nitrogen and oxygen atoms in total. The van der Waals surface area contributed by atoms with Crippen LogP contribution in [-0.4, -0.2) is 106 Å². The van der Waals surface area contributed by atoms with Gasteiger partial charge in [-0.2, -0.15) is 0 Å². The van der Waals surface area contributed by atoms with Gasteiger partial charge in [-0.05, 0) is 184 Å². The van der Waals surface area contributed by atoms with Gasteiger partial charge in [-0.3, -0.25) is 0 Å². The van der Waals surface area contributed by atoms with Gasteiger partial charge < -0.3 is 59.1 Å². The Morgan fingerprint density at radius 3 is 0.406 bits per heavy atom. The van der Waals surface area contributed by atoms with E-state index in [-0.39, 0.29) is 0 Å². The average molecular weight is 1330 g/mol. The molecule has 0 heterocycles. The number of unbranched alkanes of at least 4 members (excludes halogenated alkanes) is 18. The Morgan fingerprint density at radius 2 is 0.312 bits per heavy atom. The summed E-state index contributed by atoms with van der Waals surface area (Å²) in [7, 11) is 0. The Balaban J connectivity index is 0.000000576. The maximum Gasteiger partial charge on any atom is 0.335 e. The molecule has 528 valence electrons. The topological polar surface area (TPSA) is 279 Å². The zero-order valence-electron chi connectivity index (χ0n) is 57.7. The highest BCUT2D eigenvalue weighted by atomic mass is 16.5. The maximum absolute atomic E-state index is 10.6. The second-order valence-electron chi connectivity index (χ2n) is 22.4. The van der Waals surface area contributed by atoms with E-state index in [9.17, 15) is 28.8 Å². The van der Waals surface area contributed by atoms with Crippen LogP contribution in [0.2, 0.25) is 0 Å². The second-order valence-corrected chi connectivity index (χ2v) is 22.4. The summed E-state index contributed by atoms with van der Waals surface area (Å²) in [6, 6.07) is 39.1. The molecule has 0 unspecified atom stereocenters. The summed E-state index contributed by atoms with van der Waals surface area (Å²) in [5.74, 6) is -1.02. The fourth-order valence-electron chi connectivity index (χ4n) is 8.48. The van der Waals surface area contributed by atoms with E-state index in [2.05, 4.69) is 41.5 Å². The average Bonchev–Trinajstić information content (AvgIpc) is 2.49. The summed E-state index contributed by atoms with van der Waals surface area (Å²) >= 11 is 0. The Labute approximate surface area is 569 Å². The van der Waals surface area contributed by atoms with Gasteiger partial charge in [0.1, 0.15) is 34.5 Å². The zero-order valence-corrected chi connectivity index (χ0v) is 57.7. The molecule has 0 bridgehead atoms. The van der Waals surface area contributed by atoms with Crippen molar-refractivity contribution in [2.75, 3.05) is 39.6 Å². The van der Waals surface area contributed by atoms with Gasteiger partial charge in [0.2, 0.25) is 0 Å². The quantitative estimate of drug-likeness (QED) is 0.0194. The van der Waals surface area contributed by atoms with E-state index in [0.29, 0.717) is 73.0 Å². The molecule has 0 spiro atoms. The Morgan fingerprint density at radius 1 is 0.198 bits per heavy atom. The van der Waals surface area contributed by atoms with Gasteiger partial charge in [0, 0.05) is 0 Å². The van der Waals surface area contributed by atoms with Gasteiger partial charge in [0.15, 0.2) is 0 Å². The minimum absolute atomic E-state index is 0.290. The normalized spacial score (nSPS) is 10.1. The Hall–Kier alpha value is -9.06. The molecule has 6 aromatic rings. The number of benzene rings is 6. The third-order valence-corrected chi connectivity index (χ3v) is 14.2. The summed E-state index contributed by atoms with van der Waals surface area (Å²) in [5.41, 5.74) is 1.74. The van der Waals surface area contributed by atoms with Gasteiger partial charge in [0.05, 0.1) is 73.0 Å². The molecular formula is C78H108O18. The fourth-order valence-corrected chi connectivity index (χ4v) is 8.48. The molecule has 0 fully saturated rings. The molecule has 0 amide bonds. The van der Waals surface area contributed by atoms with Gasteiger partial charge in [-0.25, -0.2) is 28.8 Å². The van der Waals surface area contributed by atoms with Crippen LogP contribution in [0.15, 0.2) is 146 Å². The summed E-state index contributed by atoms with van der Waals surface area (Å²) < 4.78 is 33.0. The van der Waals surface area contributed by atoms with E-state index in [0.717, 1.165) is 73.0 Å². The molecule has 0 aliphatic rings. The van der Waals surface area contributed by atoms with Crippen molar-refractivity contribution in [3.8, 4) is 34.5 Å². The highest BCUT2D eigenvalue weighted by molar-refractivity contribution is 5.90. The van der Waals surface area contributed by atoms with E-state index in [1.54, 1.807) is 146 Å². The van der Waals surface area contributed by atoms with E-state index in [1.807, 2.05) is 0 Å². The molecule has 0 radical (unpaired) electrons. The van der Waals surface area contributed by atoms with E-state index < -0.39 is 35.8 Å². The van der Waals surface area contributed by atoms with Crippen LogP contribution in [0.5, 0.6) is 34.5 Å². The van der Waals surface area contributed by atoms with E-state index in [4.69, 9.17) is 59.1 Å². The van der Waals surface area contributed by atoms with E-state index in [1.165, 1.54) is 116 Å². The molecule has 6 aromatic carbocycles. The molecule has 96 heavy (non-hydrogen) atoms. The van der Waals surface area contributed by atoms with Crippen LogP contribution in [0, 0.1) is 0 Å². The maximum atomic E-state index is 10.6. The lowest BCUT2D eigenvalue weighted by Crippen LogP contribution is -1.99. The van der Waals surface area contributed by atoms with Crippen LogP contribution in [0.25, 0.3) is 0 Å². The fraction of sp³-hybridized carbons (Fsp3) is 0.462. The summed E-state index contributed by atoms with van der Waals surface area (Å²) in [5, 5.41) is 52.2. The molecule has 0 aliphatic heterocycles. The van der Waals surface area contributed by atoms with Gasteiger partial charge in [-0.1, -0.05) is 157 Å². The molecule has 0 saturated carbocycles. The molecule has 0 saturated heterocycles. The SMILES string of the molecule is CCCCCCOc1ccc(C(=O)O)cc1.CCCCCCOc1ccc(C(=O)O)cc1.CCCCCCOc1ccc(C(=O)O)cc1.CCCCCCOc1ccc(C(=O)O)cc1.CCCCCCOc1ccc(C(=O)O)cc1.CCCCCCOc1ccc(C(=O)O)cc1. The van der Waals surface area contributed by atoms with Crippen molar-refractivity contribution in [3.63, 3.8) is 0 Å². The van der Waals surface area contributed by atoms with Gasteiger partial charge in [-0.15, -0.1) is 0 Å². The van der Waals surface area contributed by atoms with Crippen LogP contribution in [0.1, 0.15) is 258 Å². The predicted molar refractivity (Wildman–Crippen MR) is 378 cm³/mol. The number of rotatable bonds is 42. The molecule has 6 N–H and O–H groups in total. The second kappa shape index (κ2) is 56.3. The lowest BCUT2D eigenvalue weighted by molar-refractivity contribution is 0.0686. The number of carbonyl (C=O) groups is 6. The van der Waals surface area contributed by atoms with Crippen molar-refractivity contribution < 1.29 is 87.8 Å². The van der Waals surface area contributed by atoms with Crippen LogP contribution >= 0.6 is 0 Å². The monoisotopic (exact) mass is 1330 g/mol. The smallest absolute Gasteiger partial charge is 0.335 e. The van der Waals surface area contributed by atoms with Crippen LogP contribution in [0.4, 0.5) is 0 Å². The molecule has 0 atom stereocenters. The number of carboxylic acid groups (broad SMARTS) is 6. The molecule has 0 aromatic heterocycles.